The van der Waals surface area contributed by atoms with Crippen LogP contribution in [0.25, 0.3) is 0 Å². The number of rotatable bonds is 5. The fourth-order valence-electron chi connectivity index (χ4n) is 3.23. The zero-order valence-corrected chi connectivity index (χ0v) is 16.1. The van der Waals surface area contributed by atoms with E-state index in [4.69, 9.17) is 4.74 Å². The number of fused-ring (bicyclic) bond motifs is 1. The Bertz CT molecular complexity index is 890. The van der Waals surface area contributed by atoms with Gasteiger partial charge in [-0.25, -0.2) is 4.79 Å². The number of hydrogen-bond acceptors (Lipinski definition) is 4. The SMILES string of the molecule is CC(=O)Nc1ccc(NC(=O)[C@H](C)OC(=O)c2ccc3c(c2)CCCC3)cc1. The van der Waals surface area contributed by atoms with Gasteiger partial charge in [0.2, 0.25) is 5.91 Å². The van der Waals surface area contributed by atoms with E-state index >= 15 is 0 Å². The predicted molar refractivity (Wildman–Crippen MR) is 107 cm³/mol. The van der Waals surface area contributed by atoms with Gasteiger partial charge in [0.1, 0.15) is 0 Å². The number of hydrogen-bond donors (Lipinski definition) is 2. The number of benzene rings is 2. The Morgan fingerprint density at radius 1 is 0.893 bits per heavy atom. The van der Waals surface area contributed by atoms with Gasteiger partial charge in [-0.3, -0.25) is 9.59 Å². The molecule has 0 bridgehead atoms. The molecule has 3 rings (SSSR count). The zero-order chi connectivity index (χ0) is 20.1. The molecule has 146 valence electrons. The van der Waals surface area contributed by atoms with Crippen molar-refractivity contribution in [2.45, 2.75) is 45.6 Å². The third kappa shape index (κ3) is 4.97. The molecule has 1 aliphatic carbocycles. The second-order valence-electron chi connectivity index (χ2n) is 6.99. The smallest absolute Gasteiger partial charge is 0.338 e. The molecule has 0 aromatic heterocycles. The van der Waals surface area contributed by atoms with Crippen LogP contribution in [0, 0.1) is 0 Å². The second kappa shape index (κ2) is 8.69. The van der Waals surface area contributed by atoms with E-state index in [1.165, 1.54) is 31.4 Å². The Balaban J connectivity index is 1.57. The maximum atomic E-state index is 12.4. The van der Waals surface area contributed by atoms with E-state index in [-0.39, 0.29) is 5.91 Å². The zero-order valence-electron chi connectivity index (χ0n) is 16.1. The van der Waals surface area contributed by atoms with E-state index in [2.05, 4.69) is 10.6 Å². The van der Waals surface area contributed by atoms with Crippen molar-refractivity contribution in [3.05, 3.63) is 59.2 Å². The Hall–Kier alpha value is -3.15. The molecule has 0 fully saturated rings. The highest BCUT2D eigenvalue weighted by atomic mass is 16.5. The summed E-state index contributed by atoms with van der Waals surface area (Å²) < 4.78 is 5.33. The molecule has 0 spiro atoms. The quantitative estimate of drug-likeness (QED) is 0.775. The minimum Gasteiger partial charge on any atom is -0.449 e. The fraction of sp³-hybridized carbons (Fsp3) is 0.318. The molecule has 0 saturated heterocycles. The van der Waals surface area contributed by atoms with Crippen molar-refractivity contribution >= 4 is 29.2 Å². The summed E-state index contributed by atoms with van der Waals surface area (Å²) in [6, 6.07) is 12.3. The van der Waals surface area contributed by atoms with E-state index < -0.39 is 18.0 Å². The van der Waals surface area contributed by atoms with Crippen LogP contribution in [0.4, 0.5) is 11.4 Å². The van der Waals surface area contributed by atoms with E-state index in [0.717, 1.165) is 19.3 Å². The summed E-state index contributed by atoms with van der Waals surface area (Å²) in [4.78, 5) is 35.8. The van der Waals surface area contributed by atoms with Crippen molar-refractivity contribution in [3.8, 4) is 0 Å². The first-order valence-electron chi connectivity index (χ1n) is 9.43. The largest absolute Gasteiger partial charge is 0.449 e. The highest BCUT2D eigenvalue weighted by molar-refractivity contribution is 5.97. The van der Waals surface area contributed by atoms with Crippen LogP contribution in [0.5, 0.6) is 0 Å². The van der Waals surface area contributed by atoms with Gasteiger partial charge in [0.05, 0.1) is 5.56 Å². The molecule has 6 heteroatoms. The van der Waals surface area contributed by atoms with Crippen LogP contribution in [-0.4, -0.2) is 23.9 Å². The number of anilines is 2. The number of amides is 2. The average molecular weight is 380 g/mol. The Morgan fingerprint density at radius 2 is 1.50 bits per heavy atom. The Kier molecular flexibility index (Phi) is 6.09. The summed E-state index contributed by atoms with van der Waals surface area (Å²) in [5, 5.41) is 5.35. The van der Waals surface area contributed by atoms with Crippen molar-refractivity contribution in [2.24, 2.45) is 0 Å². The average Bonchev–Trinajstić information content (AvgIpc) is 2.68. The van der Waals surface area contributed by atoms with Crippen LogP contribution in [0.1, 0.15) is 48.2 Å². The molecule has 1 aliphatic rings. The van der Waals surface area contributed by atoms with Gasteiger partial charge >= 0.3 is 5.97 Å². The lowest BCUT2D eigenvalue weighted by Crippen LogP contribution is -2.30. The van der Waals surface area contributed by atoms with Crippen molar-refractivity contribution in [3.63, 3.8) is 0 Å². The highest BCUT2D eigenvalue weighted by Crippen LogP contribution is 2.23. The Morgan fingerprint density at radius 3 is 2.14 bits per heavy atom. The highest BCUT2D eigenvalue weighted by Gasteiger charge is 2.20. The van der Waals surface area contributed by atoms with Gasteiger partial charge in [-0.2, -0.15) is 0 Å². The lowest BCUT2D eigenvalue weighted by Gasteiger charge is -2.17. The van der Waals surface area contributed by atoms with Crippen molar-refractivity contribution < 1.29 is 19.1 Å². The maximum Gasteiger partial charge on any atom is 0.338 e. The molecule has 0 unspecified atom stereocenters. The molecular formula is C22H24N2O4. The number of esters is 1. The molecule has 28 heavy (non-hydrogen) atoms. The number of aryl methyl sites for hydroxylation is 2. The van der Waals surface area contributed by atoms with Crippen molar-refractivity contribution in [2.75, 3.05) is 10.6 Å². The molecule has 0 aliphatic heterocycles. The van der Waals surface area contributed by atoms with Crippen LogP contribution >= 0.6 is 0 Å². The third-order valence-corrected chi connectivity index (χ3v) is 4.71. The minimum atomic E-state index is -0.932. The third-order valence-electron chi connectivity index (χ3n) is 4.71. The van der Waals surface area contributed by atoms with Gasteiger partial charge in [-0.05, 0) is 80.1 Å². The molecule has 2 N–H and O–H groups in total. The summed E-state index contributed by atoms with van der Waals surface area (Å²) >= 11 is 0. The van der Waals surface area contributed by atoms with Gasteiger partial charge in [-0.15, -0.1) is 0 Å². The normalized spacial score (nSPS) is 13.8. The summed E-state index contributed by atoms with van der Waals surface area (Å²) in [7, 11) is 0. The lowest BCUT2D eigenvalue weighted by molar-refractivity contribution is -0.123. The molecule has 0 radical (unpaired) electrons. The second-order valence-corrected chi connectivity index (χ2v) is 6.99. The predicted octanol–water partition coefficient (Wildman–Crippen LogP) is 3.71. The van der Waals surface area contributed by atoms with E-state index in [9.17, 15) is 14.4 Å². The van der Waals surface area contributed by atoms with Crippen LogP contribution in [0.3, 0.4) is 0 Å². The molecule has 6 nitrogen and oxygen atoms in total. The first kappa shape index (κ1) is 19.6. The lowest BCUT2D eigenvalue weighted by atomic mass is 9.90. The van der Waals surface area contributed by atoms with E-state index in [1.807, 2.05) is 12.1 Å². The molecule has 2 aromatic rings. The van der Waals surface area contributed by atoms with E-state index in [1.54, 1.807) is 30.3 Å². The Labute approximate surface area is 164 Å². The molecule has 0 heterocycles. The fourth-order valence-corrected chi connectivity index (χ4v) is 3.23. The summed E-state index contributed by atoms with van der Waals surface area (Å²) in [5.74, 6) is -1.09. The number of nitrogens with one attached hydrogen (secondary N) is 2. The monoisotopic (exact) mass is 380 g/mol. The van der Waals surface area contributed by atoms with Crippen LogP contribution in [0.2, 0.25) is 0 Å². The number of carbonyl (C=O) groups excluding carboxylic acids is 3. The van der Waals surface area contributed by atoms with Gasteiger partial charge in [0.15, 0.2) is 6.10 Å². The van der Waals surface area contributed by atoms with Gasteiger partial charge in [-0.1, -0.05) is 6.07 Å². The maximum absolute atomic E-state index is 12.4. The van der Waals surface area contributed by atoms with Gasteiger partial charge < -0.3 is 15.4 Å². The van der Waals surface area contributed by atoms with E-state index in [0.29, 0.717) is 16.9 Å². The molecule has 2 aromatic carbocycles. The van der Waals surface area contributed by atoms with Crippen LogP contribution in [-0.2, 0) is 27.2 Å². The van der Waals surface area contributed by atoms with Crippen LogP contribution < -0.4 is 10.6 Å². The summed E-state index contributed by atoms with van der Waals surface area (Å²) in [6.07, 6.45) is 3.40. The standard InChI is InChI=1S/C22H24N2O4/c1-14(21(26)24-20-11-9-19(10-12-20)23-15(2)25)28-22(27)18-8-7-16-5-3-4-6-17(16)13-18/h7-14H,3-6H2,1-2H3,(H,23,25)(H,24,26)/t14-/m0/s1. The van der Waals surface area contributed by atoms with Gasteiger partial charge in [0, 0.05) is 18.3 Å². The van der Waals surface area contributed by atoms with Crippen molar-refractivity contribution in [1.29, 1.82) is 0 Å². The minimum absolute atomic E-state index is 0.167. The molecule has 1 atom stereocenters. The molecule has 2 amide bonds. The first-order chi connectivity index (χ1) is 13.4. The van der Waals surface area contributed by atoms with Crippen molar-refractivity contribution in [1.82, 2.24) is 0 Å². The molecular weight excluding hydrogens is 356 g/mol. The van der Waals surface area contributed by atoms with Gasteiger partial charge in [0.25, 0.3) is 5.91 Å². The first-order valence-corrected chi connectivity index (χ1v) is 9.43. The topological polar surface area (TPSA) is 84.5 Å². The number of ether oxygens (including phenoxy) is 1. The molecule has 0 saturated carbocycles. The van der Waals surface area contributed by atoms with Crippen LogP contribution in [0.15, 0.2) is 42.5 Å². The summed E-state index contributed by atoms with van der Waals surface area (Å²) in [6.45, 7) is 2.96. The number of carbonyl (C=O) groups is 3. The summed E-state index contributed by atoms with van der Waals surface area (Å²) in [5.41, 5.74) is 4.14.